The van der Waals surface area contributed by atoms with Gasteiger partial charge in [0.2, 0.25) is 0 Å². The van der Waals surface area contributed by atoms with Crippen molar-refractivity contribution in [3.05, 3.63) is 0 Å². The highest BCUT2D eigenvalue weighted by molar-refractivity contribution is 5.69. The largest absolute Gasteiger partial charge is 0.469 e. The normalized spacial score (nSPS) is 24.9. The third-order valence-electron chi connectivity index (χ3n) is 3.79. The number of carbonyl (C=O) groups excluding carboxylic acids is 1. The van der Waals surface area contributed by atoms with Gasteiger partial charge in [-0.1, -0.05) is 0 Å². The fourth-order valence-corrected chi connectivity index (χ4v) is 2.61. The van der Waals surface area contributed by atoms with E-state index in [1.165, 1.54) is 39.3 Å². The zero-order valence-corrected chi connectivity index (χ0v) is 10.8. The van der Waals surface area contributed by atoms with Crippen molar-refractivity contribution in [1.29, 1.82) is 0 Å². The number of hydrogen-bond donors (Lipinski definition) is 1. The average Bonchev–Trinajstić information content (AvgIpc) is 3.19. The second-order valence-corrected chi connectivity index (χ2v) is 5.26. The van der Waals surface area contributed by atoms with Crippen LogP contribution in [0.25, 0.3) is 0 Å². The van der Waals surface area contributed by atoms with Gasteiger partial charge in [0.15, 0.2) is 0 Å². The van der Waals surface area contributed by atoms with E-state index in [0.717, 1.165) is 31.6 Å². The summed E-state index contributed by atoms with van der Waals surface area (Å²) in [7, 11) is 1.47. The van der Waals surface area contributed by atoms with E-state index >= 15 is 0 Å². The van der Waals surface area contributed by atoms with Crippen LogP contribution in [0.3, 0.4) is 0 Å². The summed E-state index contributed by atoms with van der Waals surface area (Å²) in [6.45, 7) is 4.33. The van der Waals surface area contributed by atoms with E-state index in [9.17, 15) is 4.79 Å². The lowest BCUT2D eigenvalue weighted by molar-refractivity contribution is -0.141. The van der Waals surface area contributed by atoms with Gasteiger partial charge in [-0.05, 0) is 44.7 Å². The number of carbonyl (C=O) groups is 1. The van der Waals surface area contributed by atoms with E-state index in [1.54, 1.807) is 0 Å². The standard InChI is InChI=1S/C13H24N2O2/c1-17-13(16)6-8-15(12-4-5-12)10-11-3-2-7-14-9-11/h11-12,14H,2-10H2,1H3. The zero-order valence-electron chi connectivity index (χ0n) is 10.8. The fourth-order valence-electron chi connectivity index (χ4n) is 2.61. The number of ether oxygens (including phenoxy) is 1. The molecule has 1 aliphatic carbocycles. The van der Waals surface area contributed by atoms with Gasteiger partial charge >= 0.3 is 5.97 Å². The average molecular weight is 240 g/mol. The van der Waals surface area contributed by atoms with Crippen LogP contribution in [0.4, 0.5) is 0 Å². The summed E-state index contributed by atoms with van der Waals surface area (Å²) >= 11 is 0. The minimum atomic E-state index is -0.0857. The van der Waals surface area contributed by atoms with E-state index in [0.29, 0.717) is 6.42 Å². The number of hydrogen-bond acceptors (Lipinski definition) is 4. The molecule has 17 heavy (non-hydrogen) atoms. The minimum absolute atomic E-state index is 0.0857. The van der Waals surface area contributed by atoms with Gasteiger partial charge in [-0.25, -0.2) is 0 Å². The Balaban J connectivity index is 1.73. The molecule has 0 bridgehead atoms. The summed E-state index contributed by atoms with van der Waals surface area (Å²) in [4.78, 5) is 13.7. The van der Waals surface area contributed by atoms with Crippen LogP contribution in [0.15, 0.2) is 0 Å². The first-order valence-electron chi connectivity index (χ1n) is 6.81. The molecule has 1 saturated carbocycles. The third kappa shape index (κ3) is 4.28. The summed E-state index contributed by atoms with van der Waals surface area (Å²) < 4.78 is 4.71. The fraction of sp³-hybridized carbons (Fsp3) is 0.923. The summed E-state index contributed by atoms with van der Waals surface area (Å²) in [5, 5.41) is 3.46. The van der Waals surface area contributed by atoms with Gasteiger partial charge in [-0.3, -0.25) is 9.69 Å². The molecular formula is C13H24N2O2. The SMILES string of the molecule is COC(=O)CCN(CC1CCCNC1)C1CC1. The molecule has 0 aromatic rings. The number of rotatable bonds is 6. The predicted molar refractivity (Wildman–Crippen MR) is 66.8 cm³/mol. The van der Waals surface area contributed by atoms with Crippen LogP contribution in [0, 0.1) is 5.92 Å². The van der Waals surface area contributed by atoms with Crippen LogP contribution in [-0.4, -0.2) is 50.2 Å². The summed E-state index contributed by atoms with van der Waals surface area (Å²) in [6.07, 6.45) is 5.77. The van der Waals surface area contributed by atoms with Gasteiger partial charge in [0.25, 0.3) is 0 Å². The van der Waals surface area contributed by atoms with Crippen molar-refractivity contribution >= 4 is 5.97 Å². The predicted octanol–water partition coefficient (Wildman–Crippen LogP) is 1.01. The molecular weight excluding hydrogens is 216 g/mol. The van der Waals surface area contributed by atoms with Crippen LogP contribution in [0.2, 0.25) is 0 Å². The topological polar surface area (TPSA) is 41.6 Å². The molecule has 0 aromatic heterocycles. The molecule has 1 N–H and O–H groups in total. The second kappa shape index (κ2) is 6.36. The number of nitrogens with one attached hydrogen (secondary N) is 1. The van der Waals surface area contributed by atoms with E-state index in [-0.39, 0.29) is 5.97 Å². The lowest BCUT2D eigenvalue weighted by Crippen LogP contribution is -2.40. The monoisotopic (exact) mass is 240 g/mol. The summed E-state index contributed by atoms with van der Waals surface area (Å²) in [5.41, 5.74) is 0. The molecule has 4 nitrogen and oxygen atoms in total. The Bertz CT molecular complexity index is 248. The van der Waals surface area contributed by atoms with E-state index in [4.69, 9.17) is 4.74 Å². The van der Waals surface area contributed by atoms with Crippen molar-refractivity contribution in [2.24, 2.45) is 5.92 Å². The number of nitrogens with zero attached hydrogens (tertiary/aromatic N) is 1. The van der Waals surface area contributed by atoms with E-state index < -0.39 is 0 Å². The van der Waals surface area contributed by atoms with Gasteiger partial charge in [-0.2, -0.15) is 0 Å². The molecule has 1 atom stereocenters. The Hall–Kier alpha value is -0.610. The summed E-state index contributed by atoms with van der Waals surface area (Å²) in [6, 6.07) is 0.738. The Morgan fingerprint density at radius 3 is 2.82 bits per heavy atom. The molecule has 1 heterocycles. The third-order valence-corrected chi connectivity index (χ3v) is 3.79. The first-order chi connectivity index (χ1) is 8.29. The number of piperidine rings is 1. The molecule has 98 valence electrons. The van der Waals surface area contributed by atoms with Gasteiger partial charge in [0.05, 0.1) is 13.5 Å². The first-order valence-corrected chi connectivity index (χ1v) is 6.81. The van der Waals surface area contributed by atoms with Crippen molar-refractivity contribution < 1.29 is 9.53 Å². The van der Waals surface area contributed by atoms with E-state index in [2.05, 4.69) is 10.2 Å². The highest BCUT2D eigenvalue weighted by Gasteiger charge is 2.30. The summed E-state index contributed by atoms with van der Waals surface area (Å²) in [5.74, 6) is 0.680. The van der Waals surface area contributed by atoms with Gasteiger partial charge in [0, 0.05) is 19.1 Å². The Morgan fingerprint density at radius 1 is 1.41 bits per heavy atom. The van der Waals surface area contributed by atoms with Crippen molar-refractivity contribution in [3.8, 4) is 0 Å². The molecule has 1 unspecified atom stereocenters. The molecule has 0 spiro atoms. The molecule has 4 heteroatoms. The molecule has 1 saturated heterocycles. The van der Waals surface area contributed by atoms with Gasteiger partial charge in [-0.15, -0.1) is 0 Å². The molecule has 0 aromatic carbocycles. The number of esters is 1. The van der Waals surface area contributed by atoms with Crippen molar-refractivity contribution in [2.45, 2.75) is 38.1 Å². The second-order valence-electron chi connectivity index (χ2n) is 5.26. The van der Waals surface area contributed by atoms with Crippen LogP contribution >= 0.6 is 0 Å². The molecule has 0 amide bonds. The number of methoxy groups -OCH3 is 1. The maximum atomic E-state index is 11.2. The Labute approximate surface area is 104 Å². The minimum Gasteiger partial charge on any atom is -0.469 e. The smallest absolute Gasteiger partial charge is 0.306 e. The lowest BCUT2D eigenvalue weighted by atomic mass is 9.99. The molecule has 0 radical (unpaired) electrons. The van der Waals surface area contributed by atoms with Crippen molar-refractivity contribution in [3.63, 3.8) is 0 Å². The quantitative estimate of drug-likeness (QED) is 0.704. The highest BCUT2D eigenvalue weighted by Crippen LogP contribution is 2.28. The van der Waals surface area contributed by atoms with Crippen molar-refractivity contribution in [2.75, 3.05) is 33.3 Å². The van der Waals surface area contributed by atoms with E-state index in [1.807, 2.05) is 0 Å². The molecule has 2 fully saturated rings. The van der Waals surface area contributed by atoms with Crippen LogP contribution in [0.1, 0.15) is 32.1 Å². The molecule has 2 rings (SSSR count). The maximum Gasteiger partial charge on any atom is 0.306 e. The molecule has 1 aliphatic heterocycles. The highest BCUT2D eigenvalue weighted by atomic mass is 16.5. The maximum absolute atomic E-state index is 11.2. The van der Waals surface area contributed by atoms with Crippen molar-refractivity contribution in [1.82, 2.24) is 10.2 Å². The Kier molecular flexibility index (Phi) is 4.80. The first kappa shape index (κ1) is 12.8. The lowest BCUT2D eigenvalue weighted by Gasteiger charge is -2.30. The van der Waals surface area contributed by atoms with Gasteiger partial charge in [0.1, 0.15) is 0 Å². The van der Waals surface area contributed by atoms with Gasteiger partial charge < -0.3 is 10.1 Å². The Morgan fingerprint density at radius 2 is 2.24 bits per heavy atom. The zero-order chi connectivity index (χ0) is 12.1. The van der Waals surface area contributed by atoms with Crippen LogP contribution in [0.5, 0.6) is 0 Å². The molecule has 2 aliphatic rings. The van der Waals surface area contributed by atoms with Crippen LogP contribution < -0.4 is 5.32 Å². The van der Waals surface area contributed by atoms with Crippen LogP contribution in [-0.2, 0) is 9.53 Å².